The molecule has 19 heavy (non-hydrogen) atoms. The number of hydrogen-bond donors (Lipinski definition) is 1. The summed E-state index contributed by atoms with van der Waals surface area (Å²) in [6.07, 6.45) is 1.98. The van der Waals surface area contributed by atoms with Gasteiger partial charge < -0.3 is 5.32 Å². The molecule has 0 aliphatic rings. The molecule has 100 valence electrons. The van der Waals surface area contributed by atoms with Crippen molar-refractivity contribution in [2.75, 3.05) is 11.6 Å². The van der Waals surface area contributed by atoms with Crippen molar-refractivity contribution in [3.05, 3.63) is 59.4 Å². The van der Waals surface area contributed by atoms with E-state index in [9.17, 15) is 13.2 Å². The molecule has 2 aromatic rings. The third-order valence-corrected chi connectivity index (χ3v) is 3.42. The molecule has 0 bridgehead atoms. The monoisotopic (exact) mass is 283 g/mol. The average molecular weight is 283 g/mol. The summed E-state index contributed by atoms with van der Waals surface area (Å²) in [6, 6.07) is 9.78. The third kappa shape index (κ3) is 3.23. The van der Waals surface area contributed by atoms with Crippen LogP contribution in [0, 0.1) is 17.5 Å². The summed E-state index contributed by atoms with van der Waals surface area (Å²) in [5.41, 5.74) is 0.884. The Morgan fingerprint density at radius 2 is 1.63 bits per heavy atom. The van der Waals surface area contributed by atoms with Crippen molar-refractivity contribution in [3.8, 4) is 0 Å². The molecule has 0 unspecified atom stereocenters. The van der Waals surface area contributed by atoms with Crippen molar-refractivity contribution in [1.29, 1.82) is 0 Å². The molecule has 0 amide bonds. The molecule has 2 aromatic carbocycles. The number of nitrogens with one attached hydrogen (secondary N) is 1. The number of benzene rings is 2. The minimum atomic E-state index is -1.46. The van der Waals surface area contributed by atoms with Gasteiger partial charge in [-0.15, -0.1) is 11.8 Å². The minimum absolute atomic E-state index is 0.0483. The zero-order valence-corrected chi connectivity index (χ0v) is 11.0. The van der Waals surface area contributed by atoms with E-state index in [1.54, 1.807) is 11.8 Å². The molecule has 0 heterocycles. The molecule has 1 N–H and O–H groups in total. The molecule has 1 nitrogen and oxygen atoms in total. The van der Waals surface area contributed by atoms with Crippen molar-refractivity contribution >= 4 is 17.4 Å². The van der Waals surface area contributed by atoms with Gasteiger partial charge in [0.1, 0.15) is 0 Å². The van der Waals surface area contributed by atoms with Crippen molar-refractivity contribution in [2.45, 2.75) is 11.4 Å². The maximum atomic E-state index is 13.4. The Morgan fingerprint density at radius 1 is 0.947 bits per heavy atom. The first-order valence-corrected chi connectivity index (χ1v) is 6.84. The van der Waals surface area contributed by atoms with Crippen molar-refractivity contribution in [2.24, 2.45) is 0 Å². The van der Waals surface area contributed by atoms with E-state index in [2.05, 4.69) is 5.32 Å². The van der Waals surface area contributed by atoms with Gasteiger partial charge in [-0.05, 0) is 36.1 Å². The van der Waals surface area contributed by atoms with Crippen LogP contribution in [0.1, 0.15) is 5.56 Å². The Kier molecular flexibility index (Phi) is 4.37. The molecule has 0 saturated heterocycles. The van der Waals surface area contributed by atoms with Gasteiger partial charge in [-0.2, -0.15) is 0 Å². The quantitative estimate of drug-likeness (QED) is 0.657. The Bertz CT molecular complexity index is 570. The van der Waals surface area contributed by atoms with Crippen molar-refractivity contribution in [1.82, 2.24) is 0 Å². The van der Waals surface area contributed by atoms with Gasteiger partial charge in [-0.1, -0.05) is 12.1 Å². The maximum absolute atomic E-state index is 13.4. The lowest BCUT2D eigenvalue weighted by molar-refractivity contribution is 0.449. The highest BCUT2D eigenvalue weighted by Gasteiger charge is 2.12. The fourth-order valence-corrected chi connectivity index (χ4v) is 2.01. The van der Waals surface area contributed by atoms with Crippen LogP contribution in [0.4, 0.5) is 18.9 Å². The molecule has 5 heteroatoms. The number of rotatable bonds is 4. The largest absolute Gasteiger partial charge is 0.379 e. The molecule has 0 atom stereocenters. The highest BCUT2D eigenvalue weighted by Crippen LogP contribution is 2.21. The Labute approximate surface area is 113 Å². The second kappa shape index (κ2) is 6.02. The number of halogens is 3. The summed E-state index contributed by atoms with van der Waals surface area (Å²) < 4.78 is 39.2. The molecule has 0 aliphatic carbocycles. The molecule has 0 aliphatic heterocycles. The average Bonchev–Trinajstić information content (AvgIpc) is 2.45. The molecule has 2 rings (SSSR count). The molecule has 0 fully saturated rings. The van der Waals surface area contributed by atoms with Gasteiger partial charge in [0.05, 0.1) is 5.69 Å². The van der Waals surface area contributed by atoms with Crippen LogP contribution in [0.3, 0.4) is 0 Å². The summed E-state index contributed by atoms with van der Waals surface area (Å²) in [7, 11) is 0. The minimum Gasteiger partial charge on any atom is -0.379 e. The standard InChI is InChI=1S/C14H12F3NS/c1-19-10-4-2-9(3-5-10)8-18-12-7-6-11(15)13(16)14(12)17/h2-7,18H,8H2,1H3. The summed E-state index contributed by atoms with van der Waals surface area (Å²) >= 11 is 1.63. The normalized spacial score (nSPS) is 10.5. The summed E-state index contributed by atoms with van der Waals surface area (Å²) in [6.45, 7) is 0.344. The van der Waals surface area contributed by atoms with Gasteiger partial charge in [0.15, 0.2) is 17.5 Å². The first kappa shape index (κ1) is 13.8. The zero-order valence-electron chi connectivity index (χ0n) is 10.2. The van der Waals surface area contributed by atoms with E-state index in [1.807, 2.05) is 30.5 Å². The molecular formula is C14H12F3NS. The lowest BCUT2D eigenvalue weighted by Crippen LogP contribution is -2.03. The van der Waals surface area contributed by atoms with Crippen LogP contribution in [0.15, 0.2) is 41.3 Å². The van der Waals surface area contributed by atoms with Crippen LogP contribution in [-0.4, -0.2) is 6.26 Å². The van der Waals surface area contributed by atoms with Crippen molar-refractivity contribution in [3.63, 3.8) is 0 Å². The summed E-state index contributed by atoms with van der Waals surface area (Å²) in [5, 5.41) is 2.75. The Morgan fingerprint density at radius 3 is 2.26 bits per heavy atom. The Balaban J connectivity index is 2.08. The second-order valence-corrected chi connectivity index (χ2v) is 4.80. The predicted molar refractivity (Wildman–Crippen MR) is 71.9 cm³/mol. The lowest BCUT2D eigenvalue weighted by atomic mass is 10.2. The number of anilines is 1. The van der Waals surface area contributed by atoms with E-state index < -0.39 is 17.5 Å². The highest BCUT2D eigenvalue weighted by molar-refractivity contribution is 7.98. The third-order valence-electron chi connectivity index (χ3n) is 2.68. The van der Waals surface area contributed by atoms with Crippen LogP contribution in [-0.2, 0) is 6.54 Å². The number of hydrogen-bond acceptors (Lipinski definition) is 2. The van der Waals surface area contributed by atoms with Crippen LogP contribution in [0.2, 0.25) is 0 Å². The molecular weight excluding hydrogens is 271 g/mol. The second-order valence-electron chi connectivity index (χ2n) is 3.92. The maximum Gasteiger partial charge on any atom is 0.196 e. The van der Waals surface area contributed by atoms with Gasteiger partial charge in [-0.3, -0.25) is 0 Å². The van der Waals surface area contributed by atoms with E-state index in [-0.39, 0.29) is 5.69 Å². The SMILES string of the molecule is CSc1ccc(CNc2ccc(F)c(F)c2F)cc1. The van der Waals surface area contributed by atoms with Gasteiger partial charge >= 0.3 is 0 Å². The fourth-order valence-electron chi connectivity index (χ4n) is 1.60. The fraction of sp³-hybridized carbons (Fsp3) is 0.143. The number of thioether (sulfide) groups is 1. The van der Waals surface area contributed by atoms with Crippen molar-refractivity contribution < 1.29 is 13.2 Å². The van der Waals surface area contributed by atoms with Gasteiger partial charge in [0.25, 0.3) is 0 Å². The predicted octanol–water partition coefficient (Wildman–Crippen LogP) is 4.44. The van der Waals surface area contributed by atoms with Gasteiger partial charge in [0.2, 0.25) is 0 Å². The van der Waals surface area contributed by atoms with Gasteiger partial charge in [0, 0.05) is 11.4 Å². The molecule has 0 saturated carbocycles. The van der Waals surface area contributed by atoms with E-state index >= 15 is 0 Å². The van der Waals surface area contributed by atoms with Crippen LogP contribution >= 0.6 is 11.8 Å². The van der Waals surface area contributed by atoms with Crippen LogP contribution < -0.4 is 5.32 Å². The van der Waals surface area contributed by atoms with Crippen LogP contribution in [0.5, 0.6) is 0 Å². The Hall–Kier alpha value is -1.62. The van der Waals surface area contributed by atoms with E-state index in [0.29, 0.717) is 6.54 Å². The van der Waals surface area contributed by atoms with E-state index in [0.717, 1.165) is 16.5 Å². The summed E-state index contributed by atoms with van der Waals surface area (Å²) in [4.78, 5) is 1.13. The highest BCUT2D eigenvalue weighted by atomic mass is 32.2. The lowest BCUT2D eigenvalue weighted by Gasteiger charge is -2.09. The van der Waals surface area contributed by atoms with Crippen LogP contribution in [0.25, 0.3) is 0 Å². The molecule has 0 aromatic heterocycles. The topological polar surface area (TPSA) is 12.0 Å². The first-order chi connectivity index (χ1) is 9.11. The van der Waals surface area contributed by atoms with E-state index in [1.165, 1.54) is 6.07 Å². The molecule has 0 radical (unpaired) electrons. The first-order valence-electron chi connectivity index (χ1n) is 5.62. The molecule has 0 spiro atoms. The van der Waals surface area contributed by atoms with E-state index in [4.69, 9.17) is 0 Å². The summed E-state index contributed by atoms with van der Waals surface area (Å²) in [5.74, 6) is -3.84. The zero-order chi connectivity index (χ0) is 13.8. The smallest absolute Gasteiger partial charge is 0.196 e. The van der Waals surface area contributed by atoms with Gasteiger partial charge in [-0.25, -0.2) is 13.2 Å².